The van der Waals surface area contributed by atoms with Crippen LogP contribution in [0, 0.1) is 0 Å². The molecule has 0 bridgehead atoms. The molecule has 0 aliphatic heterocycles. The molecule has 0 aromatic rings. The first kappa shape index (κ1) is 55.4. The molecule has 0 heterocycles. The summed E-state index contributed by atoms with van der Waals surface area (Å²) in [5.74, 6) is -0.964. The molecule has 0 aromatic carbocycles. The van der Waals surface area contributed by atoms with Gasteiger partial charge in [0.05, 0.1) is 0 Å². The lowest BCUT2D eigenvalue weighted by Crippen LogP contribution is -2.30. The van der Waals surface area contributed by atoms with Gasteiger partial charge in [0, 0.05) is 19.3 Å². The fourth-order valence-corrected chi connectivity index (χ4v) is 6.80. The van der Waals surface area contributed by atoms with Gasteiger partial charge in [-0.1, -0.05) is 198 Å². The van der Waals surface area contributed by atoms with Crippen molar-refractivity contribution in [1.29, 1.82) is 0 Å². The van der Waals surface area contributed by atoms with Gasteiger partial charge in [-0.25, -0.2) is 0 Å². The molecule has 0 rings (SSSR count). The average Bonchev–Trinajstić information content (AvgIpc) is 3.22. The summed E-state index contributed by atoms with van der Waals surface area (Å²) in [7, 11) is 0. The summed E-state index contributed by atoms with van der Waals surface area (Å²) in [5, 5.41) is 0. The molecule has 0 amide bonds. The maximum absolute atomic E-state index is 12.7. The highest BCUT2D eigenvalue weighted by Crippen LogP contribution is 2.13. The first-order valence-corrected chi connectivity index (χ1v) is 24.6. The first-order chi connectivity index (χ1) is 28.5. The van der Waals surface area contributed by atoms with Gasteiger partial charge in [0.2, 0.25) is 0 Å². The van der Waals surface area contributed by atoms with Crippen LogP contribution in [0.25, 0.3) is 0 Å². The molecule has 1 unspecified atom stereocenters. The molecule has 0 aromatic heterocycles. The number of unbranched alkanes of at least 4 members (excludes halogenated alkanes) is 25. The highest BCUT2D eigenvalue weighted by atomic mass is 16.6. The van der Waals surface area contributed by atoms with Crippen LogP contribution in [0.3, 0.4) is 0 Å². The molecule has 1 atom stereocenters. The lowest BCUT2D eigenvalue weighted by Gasteiger charge is -2.18. The monoisotopic (exact) mass is 813 g/mol. The second kappa shape index (κ2) is 47.1. The Morgan fingerprint density at radius 2 is 0.638 bits per heavy atom. The quantitative estimate of drug-likeness (QED) is 0.0264. The lowest BCUT2D eigenvalue weighted by atomic mass is 10.1. The molecule has 0 saturated carbocycles. The fourth-order valence-electron chi connectivity index (χ4n) is 6.80. The van der Waals surface area contributed by atoms with Crippen LogP contribution in [-0.2, 0) is 28.6 Å². The topological polar surface area (TPSA) is 78.9 Å². The van der Waals surface area contributed by atoms with Gasteiger partial charge in [-0.05, 0) is 77.0 Å². The van der Waals surface area contributed by atoms with Crippen LogP contribution < -0.4 is 0 Å². The van der Waals surface area contributed by atoms with Crippen molar-refractivity contribution in [2.75, 3.05) is 13.2 Å². The molecule has 0 saturated heterocycles. The molecule has 0 N–H and O–H groups in total. The molecule has 0 aliphatic carbocycles. The normalized spacial score (nSPS) is 12.4. The van der Waals surface area contributed by atoms with Crippen molar-refractivity contribution in [3.63, 3.8) is 0 Å². The van der Waals surface area contributed by atoms with Crippen molar-refractivity contribution in [2.24, 2.45) is 0 Å². The molecular formula is C52H92O6. The van der Waals surface area contributed by atoms with E-state index >= 15 is 0 Å². The van der Waals surface area contributed by atoms with Crippen molar-refractivity contribution in [1.82, 2.24) is 0 Å². The van der Waals surface area contributed by atoms with E-state index in [0.29, 0.717) is 19.3 Å². The van der Waals surface area contributed by atoms with Crippen molar-refractivity contribution >= 4 is 17.9 Å². The van der Waals surface area contributed by atoms with Gasteiger partial charge in [0.25, 0.3) is 0 Å². The zero-order chi connectivity index (χ0) is 42.3. The predicted octanol–water partition coefficient (Wildman–Crippen LogP) is 15.9. The first-order valence-electron chi connectivity index (χ1n) is 24.6. The van der Waals surface area contributed by atoms with Crippen molar-refractivity contribution in [3.05, 3.63) is 48.6 Å². The van der Waals surface area contributed by atoms with Crippen LogP contribution >= 0.6 is 0 Å². The summed E-state index contributed by atoms with van der Waals surface area (Å²) in [6.07, 6.45) is 55.3. The van der Waals surface area contributed by atoms with Gasteiger partial charge >= 0.3 is 17.9 Å². The second-order valence-corrected chi connectivity index (χ2v) is 16.4. The van der Waals surface area contributed by atoms with Crippen LogP contribution in [0.2, 0.25) is 0 Å². The Kier molecular flexibility index (Phi) is 44.9. The number of rotatable bonds is 44. The number of carbonyl (C=O) groups excluding carboxylic acids is 3. The van der Waals surface area contributed by atoms with Crippen molar-refractivity contribution in [3.8, 4) is 0 Å². The zero-order valence-corrected chi connectivity index (χ0v) is 38.3. The summed E-state index contributed by atoms with van der Waals surface area (Å²) in [5.41, 5.74) is 0. The third-order valence-corrected chi connectivity index (χ3v) is 10.6. The minimum Gasteiger partial charge on any atom is -0.462 e. The molecule has 6 heteroatoms. The Labute approximate surface area is 358 Å². The highest BCUT2D eigenvalue weighted by molar-refractivity contribution is 5.71. The van der Waals surface area contributed by atoms with E-state index in [0.717, 1.165) is 70.6 Å². The molecule has 0 radical (unpaired) electrons. The molecular weight excluding hydrogens is 721 g/mol. The van der Waals surface area contributed by atoms with Gasteiger partial charge in [-0.2, -0.15) is 0 Å². The smallest absolute Gasteiger partial charge is 0.306 e. The van der Waals surface area contributed by atoms with E-state index in [1.807, 2.05) is 0 Å². The second-order valence-electron chi connectivity index (χ2n) is 16.4. The largest absolute Gasteiger partial charge is 0.462 e. The summed E-state index contributed by atoms with van der Waals surface area (Å²) >= 11 is 0. The maximum atomic E-state index is 12.7. The van der Waals surface area contributed by atoms with E-state index in [-0.39, 0.29) is 37.5 Å². The van der Waals surface area contributed by atoms with E-state index in [4.69, 9.17) is 14.2 Å². The fraction of sp³-hybridized carbons (Fsp3) is 0.788. The summed E-state index contributed by atoms with van der Waals surface area (Å²) in [4.78, 5) is 37.8. The summed E-state index contributed by atoms with van der Waals surface area (Å²) in [6, 6.07) is 0. The highest BCUT2D eigenvalue weighted by Gasteiger charge is 2.19. The van der Waals surface area contributed by atoms with Gasteiger partial charge in [-0.3, -0.25) is 14.4 Å². The van der Waals surface area contributed by atoms with Crippen molar-refractivity contribution < 1.29 is 28.6 Å². The van der Waals surface area contributed by atoms with Crippen LogP contribution in [0.5, 0.6) is 0 Å². The number of esters is 3. The van der Waals surface area contributed by atoms with Crippen LogP contribution in [0.15, 0.2) is 48.6 Å². The SMILES string of the molecule is CCCCCCCC/C=C\C/C=C\C/C=C\CCCC(=O)OCC(COC(=O)CCCCCCCCCCC)OC(=O)CCCCC/C=C\CCCCCCCCC. The van der Waals surface area contributed by atoms with E-state index in [1.54, 1.807) is 0 Å². The van der Waals surface area contributed by atoms with Crippen molar-refractivity contribution in [2.45, 2.75) is 252 Å². The molecule has 0 spiro atoms. The molecule has 6 nitrogen and oxygen atoms in total. The minimum absolute atomic E-state index is 0.0933. The lowest BCUT2D eigenvalue weighted by molar-refractivity contribution is -0.167. The number of hydrogen-bond donors (Lipinski definition) is 0. The van der Waals surface area contributed by atoms with E-state index in [9.17, 15) is 14.4 Å². The Bertz CT molecular complexity index is 1030. The number of allylic oxidation sites excluding steroid dienone is 8. The molecule has 58 heavy (non-hydrogen) atoms. The number of ether oxygens (including phenoxy) is 3. The third kappa shape index (κ3) is 44.5. The van der Waals surface area contributed by atoms with E-state index in [1.165, 1.54) is 128 Å². The number of carbonyl (C=O) groups is 3. The van der Waals surface area contributed by atoms with Gasteiger partial charge < -0.3 is 14.2 Å². The predicted molar refractivity (Wildman–Crippen MR) is 247 cm³/mol. The van der Waals surface area contributed by atoms with Gasteiger partial charge in [0.1, 0.15) is 13.2 Å². The van der Waals surface area contributed by atoms with Gasteiger partial charge in [0.15, 0.2) is 6.10 Å². The molecule has 0 aliphatic rings. The number of hydrogen-bond acceptors (Lipinski definition) is 6. The summed E-state index contributed by atoms with van der Waals surface area (Å²) in [6.45, 7) is 6.55. The van der Waals surface area contributed by atoms with Gasteiger partial charge in [-0.15, -0.1) is 0 Å². The Balaban J connectivity index is 4.43. The Morgan fingerprint density at radius 3 is 1.07 bits per heavy atom. The van der Waals surface area contributed by atoms with E-state index < -0.39 is 6.10 Å². The Hall–Kier alpha value is -2.63. The minimum atomic E-state index is -0.796. The molecule has 336 valence electrons. The maximum Gasteiger partial charge on any atom is 0.306 e. The van der Waals surface area contributed by atoms with Crippen LogP contribution in [-0.4, -0.2) is 37.2 Å². The van der Waals surface area contributed by atoms with E-state index in [2.05, 4.69) is 69.4 Å². The molecule has 0 fully saturated rings. The average molecular weight is 813 g/mol. The zero-order valence-electron chi connectivity index (χ0n) is 38.3. The standard InChI is InChI=1S/C52H92O6/c1-4-7-10-13-16-19-21-23-25-26-27-29-30-33-36-39-42-45-51(54)57-48-49(47-56-50(53)44-41-38-35-32-18-15-12-9-6-3)58-52(55)46-43-40-37-34-31-28-24-22-20-17-14-11-8-5-2/h23,25,27-29,31,33,36,49H,4-22,24,26,30,32,34-35,37-48H2,1-3H3/b25-23-,29-27-,31-28-,36-33-. The van der Waals surface area contributed by atoms with Crippen LogP contribution in [0.1, 0.15) is 245 Å². The summed E-state index contributed by atoms with van der Waals surface area (Å²) < 4.78 is 16.7. The Morgan fingerprint density at radius 1 is 0.345 bits per heavy atom. The third-order valence-electron chi connectivity index (χ3n) is 10.6. The van der Waals surface area contributed by atoms with Crippen LogP contribution in [0.4, 0.5) is 0 Å².